The first-order valence-electron chi connectivity index (χ1n) is 9.24. The van der Waals surface area contributed by atoms with Crippen molar-refractivity contribution >= 4 is 23.1 Å². The van der Waals surface area contributed by atoms with Gasteiger partial charge in [-0.1, -0.05) is 30.4 Å². The van der Waals surface area contributed by atoms with E-state index in [1.165, 1.54) is 10.9 Å². The van der Waals surface area contributed by atoms with Gasteiger partial charge in [0.15, 0.2) is 0 Å². The van der Waals surface area contributed by atoms with Crippen molar-refractivity contribution in [3.05, 3.63) is 90.1 Å². The van der Waals surface area contributed by atoms with Gasteiger partial charge in [0.05, 0.1) is 6.20 Å². The third-order valence-corrected chi connectivity index (χ3v) is 4.53. The molecule has 0 amide bonds. The zero-order valence-electron chi connectivity index (χ0n) is 15.5. The molecule has 4 rings (SSSR count). The SMILES string of the molecule is NC(COc1cncc(/C=C/c2ccncc2)c1)Cc1c[nH]c2ccccc12. The molecule has 0 fully saturated rings. The minimum Gasteiger partial charge on any atom is -0.490 e. The molecular formula is C23H22N4O. The second-order valence-corrected chi connectivity index (χ2v) is 6.70. The number of H-pyrrole nitrogens is 1. The number of benzene rings is 1. The molecule has 1 unspecified atom stereocenters. The molecule has 0 radical (unpaired) electrons. The molecular weight excluding hydrogens is 348 g/mol. The third kappa shape index (κ3) is 4.45. The molecule has 0 aliphatic rings. The van der Waals surface area contributed by atoms with Crippen LogP contribution in [0.3, 0.4) is 0 Å². The Labute approximate surface area is 163 Å². The van der Waals surface area contributed by atoms with Gasteiger partial charge < -0.3 is 15.5 Å². The molecule has 4 aromatic rings. The van der Waals surface area contributed by atoms with Gasteiger partial charge in [-0.25, -0.2) is 0 Å². The van der Waals surface area contributed by atoms with E-state index in [1.807, 2.05) is 48.7 Å². The summed E-state index contributed by atoms with van der Waals surface area (Å²) in [6.45, 7) is 0.429. The quantitative estimate of drug-likeness (QED) is 0.514. The van der Waals surface area contributed by atoms with Crippen LogP contribution in [0.2, 0.25) is 0 Å². The first-order chi connectivity index (χ1) is 13.8. The molecule has 3 aromatic heterocycles. The highest BCUT2D eigenvalue weighted by molar-refractivity contribution is 5.83. The van der Waals surface area contributed by atoms with Gasteiger partial charge in [0.1, 0.15) is 12.4 Å². The number of pyridine rings is 2. The van der Waals surface area contributed by atoms with E-state index in [4.69, 9.17) is 10.5 Å². The van der Waals surface area contributed by atoms with Gasteiger partial charge in [-0.3, -0.25) is 9.97 Å². The van der Waals surface area contributed by atoms with E-state index < -0.39 is 0 Å². The van der Waals surface area contributed by atoms with Crippen molar-refractivity contribution in [3.63, 3.8) is 0 Å². The van der Waals surface area contributed by atoms with E-state index in [0.29, 0.717) is 12.4 Å². The number of para-hydroxylation sites is 1. The summed E-state index contributed by atoms with van der Waals surface area (Å²) in [5.74, 6) is 0.714. The third-order valence-electron chi connectivity index (χ3n) is 4.53. The van der Waals surface area contributed by atoms with Gasteiger partial charge in [0, 0.05) is 41.7 Å². The van der Waals surface area contributed by atoms with Crippen LogP contribution in [-0.2, 0) is 6.42 Å². The topological polar surface area (TPSA) is 76.8 Å². The Bertz CT molecular complexity index is 1070. The fraction of sp³-hybridized carbons (Fsp3) is 0.130. The predicted molar refractivity (Wildman–Crippen MR) is 113 cm³/mol. The number of hydrogen-bond donors (Lipinski definition) is 2. The molecule has 3 heterocycles. The lowest BCUT2D eigenvalue weighted by atomic mass is 10.1. The maximum absolute atomic E-state index is 6.30. The van der Waals surface area contributed by atoms with Gasteiger partial charge in [-0.2, -0.15) is 0 Å². The largest absolute Gasteiger partial charge is 0.490 e. The van der Waals surface area contributed by atoms with Crippen molar-refractivity contribution in [2.75, 3.05) is 6.61 Å². The number of nitrogens with one attached hydrogen (secondary N) is 1. The maximum atomic E-state index is 6.30. The van der Waals surface area contributed by atoms with Crippen LogP contribution in [0.1, 0.15) is 16.7 Å². The highest BCUT2D eigenvalue weighted by Gasteiger charge is 2.10. The standard InChI is InChI=1S/C23H22N4O/c24-20(12-19-14-27-23-4-2-1-3-22(19)23)16-28-21-11-18(13-26-15-21)6-5-17-7-9-25-10-8-17/h1-11,13-15,20,27H,12,16,24H2/b6-5+. The molecule has 3 N–H and O–H groups in total. The molecule has 0 aliphatic heterocycles. The minimum atomic E-state index is -0.102. The first-order valence-corrected chi connectivity index (χ1v) is 9.24. The highest BCUT2D eigenvalue weighted by atomic mass is 16.5. The molecule has 5 nitrogen and oxygen atoms in total. The number of hydrogen-bond acceptors (Lipinski definition) is 4. The summed E-state index contributed by atoms with van der Waals surface area (Å²) in [5, 5.41) is 1.21. The summed E-state index contributed by atoms with van der Waals surface area (Å²) in [6, 6.07) is 14.0. The van der Waals surface area contributed by atoms with Crippen molar-refractivity contribution in [3.8, 4) is 5.75 Å². The second-order valence-electron chi connectivity index (χ2n) is 6.70. The average Bonchev–Trinajstić information content (AvgIpc) is 3.15. The fourth-order valence-corrected chi connectivity index (χ4v) is 3.12. The molecule has 5 heteroatoms. The molecule has 0 bridgehead atoms. The van der Waals surface area contributed by atoms with Crippen molar-refractivity contribution in [2.24, 2.45) is 5.73 Å². The van der Waals surface area contributed by atoms with E-state index in [-0.39, 0.29) is 6.04 Å². The molecule has 0 saturated heterocycles. The van der Waals surface area contributed by atoms with Crippen LogP contribution in [0, 0.1) is 0 Å². The highest BCUT2D eigenvalue weighted by Crippen LogP contribution is 2.19. The number of nitrogens with two attached hydrogens (primary N) is 1. The number of aromatic amines is 1. The number of rotatable bonds is 7. The predicted octanol–water partition coefficient (Wildman–Crippen LogP) is 4.08. The zero-order chi connectivity index (χ0) is 19.2. The van der Waals surface area contributed by atoms with Crippen LogP contribution in [-0.4, -0.2) is 27.6 Å². The van der Waals surface area contributed by atoms with Gasteiger partial charge in [-0.05, 0) is 47.4 Å². The lowest BCUT2D eigenvalue weighted by molar-refractivity contribution is 0.287. The molecule has 28 heavy (non-hydrogen) atoms. The number of nitrogens with zero attached hydrogens (tertiary/aromatic N) is 2. The van der Waals surface area contributed by atoms with E-state index in [9.17, 15) is 0 Å². The summed E-state index contributed by atoms with van der Waals surface area (Å²) in [7, 11) is 0. The van der Waals surface area contributed by atoms with Crippen molar-refractivity contribution in [1.82, 2.24) is 15.0 Å². The number of fused-ring (bicyclic) bond motifs is 1. The second kappa shape index (κ2) is 8.50. The van der Waals surface area contributed by atoms with Crippen LogP contribution < -0.4 is 10.5 Å². The lowest BCUT2D eigenvalue weighted by Crippen LogP contribution is -2.30. The Morgan fingerprint density at radius 3 is 2.71 bits per heavy atom. The normalized spacial score (nSPS) is 12.5. The van der Waals surface area contributed by atoms with E-state index >= 15 is 0 Å². The van der Waals surface area contributed by atoms with Crippen molar-refractivity contribution in [1.29, 1.82) is 0 Å². The van der Waals surface area contributed by atoms with Gasteiger partial charge in [-0.15, -0.1) is 0 Å². The van der Waals surface area contributed by atoms with E-state index in [1.54, 1.807) is 24.8 Å². The average molecular weight is 370 g/mol. The Morgan fingerprint density at radius 2 is 1.82 bits per heavy atom. The molecule has 1 aromatic carbocycles. The summed E-state index contributed by atoms with van der Waals surface area (Å²) in [6.07, 6.45) is 13.8. The smallest absolute Gasteiger partial charge is 0.138 e. The van der Waals surface area contributed by atoms with E-state index in [2.05, 4.69) is 27.1 Å². The van der Waals surface area contributed by atoms with Crippen LogP contribution in [0.4, 0.5) is 0 Å². The number of ether oxygens (including phenoxy) is 1. The Hall–Kier alpha value is -3.44. The van der Waals surface area contributed by atoms with Gasteiger partial charge >= 0.3 is 0 Å². The fourth-order valence-electron chi connectivity index (χ4n) is 3.12. The van der Waals surface area contributed by atoms with E-state index in [0.717, 1.165) is 23.1 Å². The molecule has 0 aliphatic carbocycles. The van der Waals surface area contributed by atoms with Crippen molar-refractivity contribution < 1.29 is 4.74 Å². The number of aromatic nitrogens is 3. The molecule has 1 atom stereocenters. The van der Waals surface area contributed by atoms with Gasteiger partial charge in [0.2, 0.25) is 0 Å². The summed E-state index contributed by atoms with van der Waals surface area (Å²) in [5.41, 5.74) is 10.7. The summed E-state index contributed by atoms with van der Waals surface area (Å²) < 4.78 is 5.88. The molecule has 0 saturated carbocycles. The molecule has 140 valence electrons. The molecule has 0 spiro atoms. The summed E-state index contributed by atoms with van der Waals surface area (Å²) in [4.78, 5) is 11.6. The Balaban J connectivity index is 1.36. The Kier molecular flexibility index (Phi) is 5.45. The zero-order valence-corrected chi connectivity index (χ0v) is 15.5. The first kappa shape index (κ1) is 17.9. The van der Waals surface area contributed by atoms with Crippen LogP contribution >= 0.6 is 0 Å². The van der Waals surface area contributed by atoms with Crippen LogP contribution in [0.15, 0.2) is 73.4 Å². The lowest BCUT2D eigenvalue weighted by Gasteiger charge is -2.13. The minimum absolute atomic E-state index is 0.102. The van der Waals surface area contributed by atoms with Crippen LogP contribution in [0.5, 0.6) is 5.75 Å². The van der Waals surface area contributed by atoms with Crippen LogP contribution in [0.25, 0.3) is 23.1 Å². The monoisotopic (exact) mass is 370 g/mol. The maximum Gasteiger partial charge on any atom is 0.138 e. The van der Waals surface area contributed by atoms with Crippen molar-refractivity contribution in [2.45, 2.75) is 12.5 Å². The Morgan fingerprint density at radius 1 is 1.00 bits per heavy atom. The van der Waals surface area contributed by atoms with Gasteiger partial charge in [0.25, 0.3) is 0 Å². The summed E-state index contributed by atoms with van der Waals surface area (Å²) >= 11 is 0.